The number of halogens is 1. The largest absolute Gasteiger partial charge is 0.493 e. The van der Waals surface area contributed by atoms with E-state index in [1.807, 2.05) is 31.0 Å². The van der Waals surface area contributed by atoms with E-state index in [0.717, 1.165) is 27.9 Å². The van der Waals surface area contributed by atoms with Crippen molar-refractivity contribution in [3.05, 3.63) is 70.8 Å². The molecule has 7 rings (SSSR count). The number of imidazole rings is 1. The number of aliphatic hydroxyl groups is 1. The second-order valence-corrected chi connectivity index (χ2v) is 11.2. The smallest absolute Gasteiger partial charge is 0.275 e. The summed E-state index contributed by atoms with van der Waals surface area (Å²) in [6.07, 6.45) is 7.14. The summed E-state index contributed by atoms with van der Waals surface area (Å²) in [5.41, 5.74) is 5.25. The van der Waals surface area contributed by atoms with Gasteiger partial charge in [-0.25, -0.2) is 14.4 Å². The normalized spacial score (nSPS) is 21.6. The fourth-order valence-corrected chi connectivity index (χ4v) is 6.36. The number of nitrogens with zero attached hydrogens (tertiary/aromatic N) is 5. The van der Waals surface area contributed by atoms with Crippen LogP contribution in [0.2, 0.25) is 0 Å². The SMILES string of the molecule is Cc1cc2c(cn1)-c1cnc(NCc3c(F)ccc4c3CCO4)n3cnc(c13)C(=O)N(CC1CC(C)(O)C1)C2. The maximum atomic E-state index is 14.8. The van der Waals surface area contributed by atoms with Gasteiger partial charge >= 0.3 is 0 Å². The first-order chi connectivity index (χ1) is 18.8. The predicted molar refractivity (Wildman–Crippen MR) is 142 cm³/mol. The van der Waals surface area contributed by atoms with E-state index in [1.165, 1.54) is 6.07 Å². The number of anilines is 1. The van der Waals surface area contributed by atoms with Crippen LogP contribution in [0.3, 0.4) is 0 Å². The molecule has 2 N–H and O–H groups in total. The van der Waals surface area contributed by atoms with Crippen molar-refractivity contribution in [1.82, 2.24) is 24.3 Å². The Morgan fingerprint density at radius 2 is 2.03 bits per heavy atom. The minimum Gasteiger partial charge on any atom is -0.493 e. The minimum atomic E-state index is -0.667. The molecule has 9 nitrogen and oxygen atoms in total. The molecule has 0 unspecified atom stereocenters. The first kappa shape index (κ1) is 24.0. The number of aryl methyl sites for hydroxylation is 1. The lowest BCUT2D eigenvalue weighted by Crippen LogP contribution is -2.47. The predicted octanol–water partition coefficient (Wildman–Crippen LogP) is 3.90. The van der Waals surface area contributed by atoms with Crippen molar-refractivity contribution >= 4 is 17.4 Å². The zero-order valence-electron chi connectivity index (χ0n) is 21.9. The molecule has 0 bridgehead atoms. The van der Waals surface area contributed by atoms with Crippen LogP contribution in [0, 0.1) is 18.7 Å². The van der Waals surface area contributed by atoms with Crippen molar-refractivity contribution in [3.8, 4) is 16.9 Å². The molecule has 0 spiro atoms. The van der Waals surface area contributed by atoms with Gasteiger partial charge in [-0.1, -0.05) is 0 Å². The number of carbonyl (C=O) groups excluding carboxylic acids is 1. The Hall–Kier alpha value is -4.05. The molecule has 0 saturated heterocycles. The monoisotopic (exact) mass is 528 g/mol. The van der Waals surface area contributed by atoms with E-state index in [2.05, 4.69) is 20.3 Å². The Morgan fingerprint density at radius 3 is 2.85 bits per heavy atom. The van der Waals surface area contributed by atoms with E-state index in [0.29, 0.717) is 67.4 Å². The number of ether oxygens (including phenoxy) is 1. The number of hydrogen-bond donors (Lipinski definition) is 2. The molecule has 3 aromatic heterocycles. The number of nitrogens with one attached hydrogen (secondary N) is 1. The van der Waals surface area contributed by atoms with Gasteiger partial charge in [0.15, 0.2) is 5.69 Å². The fraction of sp³-hybridized carbons (Fsp3) is 0.379. The van der Waals surface area contributed by atoms with Crippen LogP contribution in [0.5, 0.6) is 5.75 Å². The van der Waals surface area contributed by atoms with Crippen LogP contribution >= 0.6 is 0 Å². The van der Waals surface area contributed by atoms with Crippen LogP contribution in [0.4, 0.5) is 10.3 Å². The third kappa shape index (κ3) is 4.01. The average Bonchev–Trinajstić information content (AvgIpc) is 3.54. The number of fused-ring (bicyclic) bond motifs is 3. The van der Waals surface area contributed by atoms with E-state index in [1.54, 1.807) is 23.0 Å². The number of pyridine rings is 1. The molecule has 0 atom stereocenters. The molecular formula is C29H29FN6O3. The van der Waals surface area contributed by atoms with Gasteiger partial charge < -0.3 is 20.1 Å². The number of carbonyl (C=O) groups is 1. The Bertz CT molecular complexity index is 1640. The Morgan fingerprint density at radius 1 is 1.21 bits per heavy atom. The van der Waals surface area contributed by atoms with Crippen LogP contribution in [0.15, 0.2) is 36.9 Å². The summed E-state index contributed by atoms with van der Waals surface area (Å²) in [5, 5.41) is 13.5. The first-order valence-corrected chi connectivity index (χ1v) is 13.3. The molecule has 200 valence electrons. The van der Waals surface area contributed by atoms with Gasteiger partial charge in [0.2, 0.25) is 5.95 Å². The van der Waals surface area contributed by atoms with E-state index < -0.39 is 5.60 Å². The molecule has 39 heavy (non-hydrogen) atoms. The summed E-state index contributed by atoms with van der Waals surface area (Å²) < 4.78 is 22.1. The van der Waals surface area contributed by atoms with E-state index in [-0.39, 0.29) is 24.2 Å². The quantitative estimate of drug-likeness (QED) is 0.405. The molecule has 1 fully saturated rings. The summed E-state index contributed by atoms with van der Waals surface area (Å²) in [7, 11) is 0. The van der Waals surface area contributed by atoms with Crippen molar-refractivity contribution in [2.45, 2.75) is 51.8 Å². The van der Waals surface area contributed by atoms with Crippen LogP contribution in [-0.2, 0) is 19.5 Å². The van der Waals surface area contributed by atoms with Crippen LogP contribution in [0.1, 0.15) is 52.6 Å². The van der Waals surface area contributed by atoms with Gasteiger partial charge in [-0.05, 0) is 56.4 Å². The number of aromatic nitrogens is 4. The van der Waals surface area contributed by atoms with Crippen LogP contribution < -0.4 is 10.1 Å². The standard InChI is InChI=1S/C29H29FN6O3/c1-16-7-18-14-35(13-17-8-29(2,38)9-17)27(37)25-26-22(20(18)10-31-16)12-33-28(36(26)15-34-25)32-11-21-19-5-6-39-24(19)4-3-23(21)30/h3-4,7,10,12,15,17,38H,5-6,8-9,11,13-14H2,1-2H3,(H,32,33). The number of rotatable bonds is 5. The minimum absolute atomic E-state index is 0.161. The third-order valence-corrected chi connectivity index (χ3v) is 8.13. The number of benzene rings is 1. The number of amides is 1. The average molecular weight is 529 g/mol. The van der Waals surface area contributed by atoms with E-state index in [4.69, 9.17) is 4.74 Å². The van der Waals surface area contributed by atoms with Gasteiger partial charge in [-0.3, -0.25) is 14.2 Å². The third-order valence-electron chi connectivity index (χ3n) is 8.13. The van der Waals surface area contributed by atoms with E-state index >= 15 is 0 Å². The molecule has 3 aliphatic rings. The molecule has 4 aromatic rings. The highest BCUT2D eigenvalue weighted by Crippen LogP contribution is 2.40. The fourth-order valence-electron chi connectivity index (χ4n) is 6.36. The van der Waals surface area contributed by atoms with Gasteiger partial charge in [0.25, 0.3) is 5.91 Å². The highest BCUT2D eigenvalue weighted by Gasteiger charge is 2.40. The lowest BCUT2D eigenvalue weighted by atomic mass is 9.72. The van der Waals surface area contributed by atoms with Crippen LogP contribution in [-0.4, -0.2) is 54.0 Å². The zero-order valence-corrected chi connectivity index (χ0v) is 21.9. The second-order valence-electron chi connectivity index (χ2n) is 11.2. The highest BCUT2D eigenvalue weighted by molar-refractivity contribution is 6.04. The van der Waals surface area contributed by atoms with Gasteiger partial charge in [0.05, 0.1) is 17.7 Å². The molecule has 1 aliphatic carbocycles. The molecular weight excluding hydrogens is 499 g/mol. The Balaban J connectivity index is 1.29. The molecule has 1 amide bonds. The van der Waals surface area contributed by atoms with Crippen molar-refractivity contribution in [2.75, 3.05) is 18.5 Å². The molecule has 5 heterocycles. The molecule has 2 aliphatic heterocycles. The van der Waals surface area contributed by atoms with Gasteiger partial charge in [0, 0.05) is 66.4 Å². The topological polar surface area (TPSA) is 105 Å². The lowest BCUT2D eigenvalue weighted by Gasteiger charge is -2.43. The highest BCUT2D eigenvalue weighted by atomic mass is 19.1. The Labute approximate surface area is 224 Å². The first-order valence-electron chi connectivity index (χ1n) is 13.3. The zero-order chi connectivity index (χ0) is 26.9. The summed E-state index contributed by atoms with van der Waals surface area (Å²) in [5.74, 6) is 0.948. The summed E-state index contributed by atoms with van der Waals surface area (Å²) in [6.45, 7) is 5.49. The number of hydrogen-bond acceptors (Lipinski definition) is 7. The molecule has 1 aromatic carbocycles. The van der Waals surface area contributed by atoms with E-state index in [9.17, 15) is 14.3 Å². The molecule has 10 heteroatoms. The van der Waals surface area contributed by atoms with Crippen molar-refractivity contribution < 1.29 is 19.0 Å². The maximum Gasteiger partial charge on any atom is 0.275 e. The molecule has 0 radical (unpaired) electrons. The maximum absolute atomic E-state index is 14.8. The van der Waals surface area contributed by atoms with Gasteiger partial charge in [0.1, 0.15) is 17.9 Å². The Kier molecular flexibility index (Phi) is 5.38. The molecule has 1 saturated carbocycles. The summed E-state index contributed by atoms with van der Waals surface area (Å²) in [4.78, 5) is 29.5. The van der Waals surface area contributed by atoms with Crippen LogP contribution in [0.25, 0.3) is 16.6 Å². The lowest BCUT2D eigenvalue weighted by molar-refractivity contribution is -0.0643. The van der Waals surface area contributed by atoms with Crippen molar-refractivity contribution in [3.63, 3.8) is 0 Å². The van der Waals surface area contributed by atoms with Gasteiger partial charge in [-0.2, -0.15) is 0 Å². The van der Waals surface area contributed by atoms with Gasteiger partial charge in [-0.15, -0.1) is 0 Å². The summed E-state index contributed by atoms with van der Waals surface area (Å²) in [6, 6.07) is 5.11. The summed E-state index contributed by atoms with van der Waals surface area (Å²) >= 11 is 0. The second kappa shape index (κ2) is 8.74. The van der Waals surface area contributed by atoms with Crippen molar-refractivity contribution in [1.29, 1.82) is 0 Å². The van der Waals surface area contributed by atoms with Crippen molar-refractivity contribution in [2.24, 2.45) is 5.92 Å².